The monoisotopic (exact) mass is 546 g/mol. The highest BCUT2D eigenvalue weighted by Gasteiger charge is 2.32. The maximum Gasteiger partial charge on any atom is 0.329 e. The molecule has 1 aromatic carbocycles. The molecule has 6 rings (SSSR count). The molecule has 0 N–H and O–H groups in total. The Balaban J connectivity index is 1.08. The van der Waals surface area contributed by atoms with Crippen LogP contribution in [0.1, 0.15) is 37.3 Å². The molecule has 3 aliphatic heterocycles. The predicted molar refractivity (Wildman–Crippen MR) is 151 cm³/mol. The van der Waals surface area contributed by atoms with Gasteiger partial charge in [-0.1, -0.05) is 12.1 Å². The number of piperidine rings is 2. The van der Waals surface area contributed by atoms with E-state index >= 15 is 0 Å². The Morgan fingerprint density at radius 2 is 1.50 bits per heavy atom. The number of benzene rings is 1. The molecule has 212 valence electrons. The summed E-state index contributed by atoms with van der Waals surface area (Å²) in [6.07, 6.45) is 6.88. The first-order valence-electron chi connectivity index (χ1n) is 14.5. The molecule has 0 spiro atoms. The van der Waals surface area contributed by atoms with E-state index in [1.807, 2.05) is 58.3 Å². The van der Waals surface area contributed by atoms with E-state index in [1.165, 1.54) is 5.56 Å². The maximum absolute atomic E-state index is 13.7. The average molecular weight is 547 g/mol. The van der Waals surface area contributed by atoms with Gasteiger partial charge in [-0.25, -0.2) is 4.79 Å². The molecule has 0 atom stereocenters. The quantitative estimate of drug-likeness (QED) is 0.471. The number of morpholine rings is 1. The molecule has 0 radical (unpaired) electrons. The lowest BCUT2D eigenvalue weighted by atomic mass is 9.93. The van der Waals surface area contributed by atoms with E-state index in [-0.39, 0.29) is 36.0 Å². The number of hydrogen-bond donors (Lipinski definition) is 0. The van der Waals surface area contributed by atoms with Crippen molar-refractivity contribution in [1.29, 1.82) is 0 Å². The molecule has 3 aromatic rings. The molecule has 0 aliphatic carbocycles. The van der Waals surface area contributed by atoms with Crippen LogP contribution in [-0.4, -0.2) is 93.1 Å². The fraction of sp³-hybridized carbons (Fsp3) is 0.533. The van der Waals surface area contributed by atoms with Crippen molar-refractivity contribution in [3.05, 3.63) is 64.8 Å². The van der Waals surface area contributed by atoms with Crippen LogP contribution >= 0.6 is 0 Å². The van der Waals surface area contributed by atoms with Crippen LogP contribution in [0.3, 0.4) is 0 Å². The number of carbonyl (C=O) groups excluding carboxylic acids is 2. The van der Waals surface area contributed by atoms with Crippen LogP contribution in [0.4, 0.5) is 0 Å². The number of ether oxygens (including phenoxy) is 1. The summed E-state index contributed by atoms with van der Waals surface area (Å²) in [5, 5.41) is 0. The number of amides is 2. The normalized spacial score (nSPS) is 19.8. The second-order valence-electron chi connectivity index (χ2n) is 11.2. The third-order valence-corrected chi connectivity index (χ3v) is 8.76. The first kappa shape index (κ1) is 26.7. The van der Waals surface area contributed by atoms with Gasteiger partial charge >= 0.3 is 5.69 Å². The zero-order valence-electron chi connectivity index (χ0n) is 23.0. The molecule has 5 heterocycles. The van der Waals surface area contributed by atoms with Crippen molar-refractivity contribution in [3.63, 3.8) is 0 Å². The van der Waals surface area contributed by atoms with E-state index < -0.39 is 0 Å². The minimum absolute atomic E-state index is 0.00315. The summed E-state index contributed by atoms with van der Waals surface area (Å²) in [7, 11) is 0. The van der Waals surface area contributed by atoms with Gasteiger partial charge in [0, 0.05) is 57.1 Å². The van der Waals surface area contributed by atoms with Gasteiger partial charge in [-0.05, 0) is 68.6 Å². The van der Waals surface area contributed by atoms with Gasteiger partial charge in [-0.3, -0.25) is 28.6 Å². The second-order valence-corrected chi connectivity index (χ2v) is 11.2. The van der Waals surface area contributed by atoms with E-state index in [0.29, 0.717) is 39.4 Å². The number of nitrogens with zero attached hydrogens (tertiary/aromatic N) is 6. The van der Waals surface area contributed by atoms with E-state index in [2.05, 4.69) is 9.88 Å². The van der Waals surface area contributed by atoms with Crippen molar-refractivity contribution in [2.45, 2.75) is 44.8 Å². The van der Waals surface area contributed by atoms with Crippen LogP contribution in [0, 0.1) is 5.92 Å². The smallest absolute Gasteiger partial charge is 0.329 e. The van der Waals surface area contributed by atoms with Crippen molar-refractivity contribution in [3.8, 4) is 0 Å². The molecule has 10 nitrogen and oxygen atoms in total. The van der Waals surface area contributed by atoms with Crippen molar-refractivity contribution in [2.75, 3.05) is 52.5 Å². The molecule has 0 saturated carbocycles. The highest BCUT2D eigenvalue weighted by atomic mass is 16.5. The van der Waals surface area contributed by atoms with Gasteiger partial charge in [0.2, 0.25) is 11.8 Å². The lowest BCUT2D eigenvalue weighted by Gasteiger charge is -2.37. The molecule has 2 aromatic heterocycles. The van der Waals surface area contributed by atoms with Crippen molar-refractivity contribution in [2.24, 2.45) is 5.92 Å². The van der Waals surface area contributed by atoms with Crippen LogP contribution in [0.25, 0.3) is 11.0 Å². The zero-order valence-corrected chi connectivity index (χ0v) is 23.0. The number of aromatic nitrogens is 3. The highest BCUT2D eigenvalue weighted by Crippen LogP contribution is 2.28. The second kappa shape index (κ2) is 11.9. The Morgan fingerprint density at radius 3 is 2.20 bits per heavy atom. The maximum atomic E-state index is 13.7. The molecular formula is C30H38N6O4. The number of para-hydroxylation sites is 2. The van der Waals surface area contributed by atoms with Gasteiger partial charge < -0.3 is 14.5 Å². The summed E-state index contributed by atoms with van der Waals surface area (Å²) in [6, 6.07) is 11.8. The fourth-order valence-corrected chi connectivity index (χ4v) is 6.47. The Kier molecular flexibility index (Phi) is 7.97. The molecule has 40 heavy (non-hydrogen) atoms. The fourth-order valence-electron chi connectivity index (χ4n) is 6.47. The molecular weight excluding hydrogens is 508 g/mol. The first-order valence-corrected chi connectivity index (χ1v) is 14.5. The van der Waals surface area contributed by atoms with Gasteiger partial charge in [0.25, 0.3) is 0 Å². The molecule has 2 amide bonds. The van der Waals surface area contributed by atoms with Gasteiger partial charge in [0.15, 0.2) is 0 Å². The summed E-state index contributed by atoms with van der Waals surface area (Å²) in [6.45, 7) is 6.26. The van der Waals surface area contributed by atoms with Crippen molar-refractivity contribution in [1.82, 2.24) is 28.8 Å². The number of rotatable bonds is 6. The minimum Gasteiger partial charge on any atom is -0.378 e. The summed E-state index contributed by atoms with van der Waals surface area (Å²) in [5.41, 5.74) is 2.75. The molecule has 3 aliphatic rings. The van der Waals surface area contributed by atoms with E-state index in [0.717, 1.165) is 56.4 Å². The Morgan fingerprint density at radius 1 is 0.825 bits per heavy atom. The van der Waals surface area contributed by atoms with Crippen LogP contribution < -0.4 is 5.69 Å². The lowest BCUT2D eigenvalue weighted by molar-refractivity contribution is -0.138. The van der Waals surface area contributed by atoms with Crippen LogP contribution in [0.15, 0.2) is 53.6 Å². The molecule has 3 saturated heterocycles. The number of likely N-dealkylation sites (tertiary alicyclic amines) is 2. The van der Waals surface area contributed by atoms with Gasteiger partial charge in [0.05, 0.1) is 24.2 Å². The summed E-state index contributed by atoms with van der Waals surface area (Å²) >= 11 is 0. The zero-order chi connectivity index (χ0) is 27.5. The van der Waals surface area contributed by atoms with Crippen LogP contribution in [0.2, 0.25) is 0 Å². The van der Waals surface area contributed by atoms with Gasteiger partial charge in [-0.2, -0.15) is 0 Å². The van der Waals surface area contributed by atoms with Crippen LogP contribution in [-0.2, 0) is 27.4 Å². The van der Waals surface area contributed by atoms with E-state index in [1.54, 1.807) is 9.47 Å². The molecule has 0 unspecified atom stereocenters. The van der Waals surface area contributed by atoms with Crippen molar-refractivity contribution < 1.29 is 14.3 Å². The predicted octanol–water partition coefficient (Wildman–Crippen LogP) is 2.13. The standard InChI is InChI=1S/C30H38N6O4/c37-28(33-17-19-40-20-18-33)22-35-26-3-1-2-4-27(26)36(30(35)39)25-9-15-34(16-10-25)29(38)24-7-13-32(14-8-24)21-23-5-11-31-12-6-23/h1-6,11-12,24-25H,7-10,13-22H2. The van der Waals surface area contributed by atoms with Crippen LogP contribution in [0.5, 0.6) is 0 Å². The molecule has 10 heteroatoms. The number of fused-ring (bicyclic) bond motifs is 1. The minimum atomic E-state index is -0.144. The van der Waals surface area contributed by atoms with Gasteiger partial charge in [0.1, 0.15) is 6.54 Å². The summed E-state index contributed by atoms with van der Waals surface area (Å²) in [5.74, 6) is 0.273. The summed E-state index contributed by atoms with van der Waals surface area (Å²) < 4.78 is 8.85. The molecule has 3 fully saturated rings. The third-order valence-electron chi connectivity index (χ3n) is 8.76. The topological polar surface area (TPSA) is 92.9 Å². The number of hydrogen-bond acceptors (Lipinski definition) is 6. The largest absolute Gasteiger partial charge is 0.378 e. The Bertz CT molecular complexity index is 1380. The number of imidazole rings is 1. The average Bonchev–Trinajstić information content (AvgIpc) is 3.29. The number of pyridine rings is 1. The third kappa shape index (κ3) is 5.55. The Hall–Kier alpha value is -3.50. The highest BCUT2D eigenvalue weighted by molar-refractivity contribution is 5.81. The molecule has 0 bridgehead atoms. The van der Waals surface area contributed by atoms with E-state index in [4.69, 9.17) is 4.74 Å². The number of carbonyl (C=O) groups is 2. The van der Waals surface area contributed by atoms with Crippen molar-refractivity contribution >= 4 is 22.8 Å². The summed E-state index contributed by atoms with van der Waals surface area (Å²) in [4.78, 5) is 50.3. The van der Waals surface area contributed by atoms with E-state index in [9.17, 15) is 14.4 Å². The SMILES string of the molecule is O=C(Cn1c(=O)n(C2CCN(C(=O)C3CCN(Cc4ccncc4)CC3)CC2)c2ccccc21)N1CCOCC1. The van der Waals surface area contributed by atoms with Gasteiger partial charge in [-0.15, -0.1) is 0 Å². The first-order chi connectivity index (χ1) is 19.6. The lowest BCUT2D eigenvalue weighted by Crippen LogP contribution is -2.46. The Labute approximate surface area is 234 Å².